The van der Waals surface area contributed by atoms with E-state index in [0.29, 0.717) is 29.4 Å². The second-order valence-electron chi connectivity index (χ2n) is 8.29. The summed E-state index contributed by atoms with van der Waals surface area (Å²) < 4.78 is 33.3. The lowest BCUT2D eigenvalue weighted by Crippen LogP contribution is -2.28. The summed E-state index contributed by atoms with van der Waals surface area (Å²) in [5.74, 6) is -0.328. The smallest absolute Gasteiger partial charge is 0.261 e. The number of sulfonamides is 1. The third kappa shape index (κ3) is 5.63. The Kier molecular flexibility index (Phi) is 7.07. The number of hydrogen-bond donors (Lipinski definition) is 2. The van der Waals surface area contributed by atoms with Crippen LogP contribution in [0.2, 0.25) is 0 Å². The first-order valence-corrected chi connectivity index (χ1v) is 12.8. The van der Waals surface area contributed by atoms with Gasteiger partial charge in [0.25, 0.3) is 10.0 Å². The highest BCUT2D eigenvalue weighted by Gasteiger charge is 2.36. The van der Waals surface area contributed by atoms with E-state index in [-0.39, 0.29) is 29.7 Å². The molecule has 2 N–H and O–H groups in total. The molecule has 1 atom stereocenters. The molecule has 0 radical (unpaired) electrons. The number of rotatable bonds is 8. The van der Waals surface area contributed by atoms with Crippen LogP contribution in [0.3, 0.4) is 0 Å². The summed E-state index contributed by atoms with van der Waals surface area (Å²) in [6.45, 7) is 4.48. The lowest BCUT2D eigenvalue weighted by atomic mass is 10.1. The van der Waals surface area contributed by atoms with Crippen LogP contribution in [0, 0.1) is 12.8 Å². The van der Waals surface area contributed by atoms with Crippen LogP contribution in [0.15, 0.2) is 77.7 Å². The zero-order valence-corrected chi connectivity index (χ0v) is 20.3. The summed E-state index contributed by atoms with van der Waals surface area (Å²) in [5.41, 5.74) is 2.50. The summed E-state index contributed by atoms with van der Waals surface area (Å²) in [7, 11) is -3.72. The molecule has 3 aromatic rings. The Morgan fingerprint density at radius 2 is 1.66 bits per heavy atom. The van der Waals surface area contributed by atoms with Crippen molar-refractivity contribution >= 4 is 38.9 Å². The Balaban J connectivity index is 1.39. The van der Waals surface area contributed by atoms with Gasteiger partial charge in [-0.1, -0.05) is 29.8 Å². The highest BCUT2D eigenvalue weighted by Crippen LogP contribution is 2.33. The fourth-order valence-corrected chi connectivity index (χ4v) is 4.93. The van der Waals surface area contributed by atoms with Crippen LogP contribution >= 0.6 is 0 Å². The van der Waals surface area contributed by atoms with Crippen LogP contribution in [0.1, 0.15) is 18.9 Å². The van der Waals surface area contributed by atoms with E-state index in [4.69, 9.17) is 4.74 Å². The molecule has 182 valence electrons. The first kappa shape index (κ1) is 24.3. The largest absolute Gasteiger partial charge is 0.492 e. The highest BCUT2D eigenvalue weighted by atomic mass is 32.2. The molecular weight excluding hydrogens is 466 g/mol. The molecule has 1 saturated heterocycles. The van der Waals surface area contributed by atoms with E-state index in [0.717, 1.165) is 5.56 Å². The van der Waals surface area contributed by atoms with Gasteiger partial charge in [-0.3, -0.25) is 14.3 Å². The van der Waals surface area contributed by atoms with Crippen LogP contribution in [0.4, 0.5) is 17.1 Å². The van der Waals surface area contributed by atoms with Crippen molar-refractivity contribution < 1.29 is 22.7 Å². The van der Waals surface area contributed by atoms with Crippen molar-refractivity contribution in [1.29, 1.82) is 0 Å². The monoisotopic (exact) mass is 493 g/mol. The first-order chi connectivity index (χ1) is 16.8. The second-order valence-corrected chi connectivity index (χ2v) is 9.97. The number of aryl methyl sites for hydroxylation is 1. The van der Waals surface area contributed by atoms with Gasteiger partial charge >= 0.3 is 0 Å². The van der Waals surface area contributed by atoms with E-state index in [2.05, 4.69) is 10.0 Å². The summed E-state index contributed by atoms with van der Waals surface area (Å²) in [4.78, 5) is 27.2. The van der Waals surface area contributed by atoms with Gasteiger partial charge in [0.15, 0.2) is 0 Å². The number of carbonyl (C=O) groups excluding carboxylic acids is 2. The van der Waals surface area contributed by atoms with E-state index in [1.54, 1.807) is 65.6 Å². The second kappa shape index (κ2) is 10.2. The van der Waals surface area contributed by atoms with E-state index < -0.39 is 15.9 Å². The highest BCUT2D eigenvalue weighted by molar-refractivity contribution is 7.92. The number of ether oxygens (including phenoxy) is 1. The molecule has 1 unspecified atom stereocenters. The average Bonchev–Trinajstić information content (AvgIpc) is 3.22. The number of nitrogens with one attached hydrogen (secondary N) is 2. The first-order valence-electron chi connectivity index (χ1n) is 11.3. The standard InChI is InChI=1S/C26H27N3O5S/c1-3-34-24-7-5-4-6-23(24)29-17-19(16-25(29)30)26(31)27-20-10-12-21(13-11-20)28-35(32,33)22-14-8-18(2)9-15-22/h4-15,19,28H,3,16-17H2,1-2H3,(H,27,31). The van der Waals surface area contributed by atoms with Gasteiger partial charge in [0, 0.05) is 24.3 Å². The van der Waals surface area contributed by atoms with Crippen molar-refractivity contribution in [2.75, 3.05) is 28.1 Å². The zero-order valence-electron chi connectivity index (χ0n) is 19.5. The molecule has 1 fully saturated rings. The number of anilines is 3. The van der Waals surface area contributed by atoms with Gasteiger partial charge in [-0.2, -0.15) is 0 Å². The summed E-state index contributed by atoms with van der Waals surface area (Å²) in [5, 5.41) is 2.82. The minimum absolute atomic E-state index is 0.0979. The molecule has 2 amide bonds. The molecule has 0 aliphatic carbocycles. The Hall–Kier alpha value is -3.85. The van der Waals surface area contributed by atoms with Crippen molar-refractivity contribution in [2.45, 2.75) is 25.2 Å². The lowest BCUT2D eigenvalue weighted by molar-refractivity contribution is -0.122. The minimum Gasteiger partial charge on any atom is -0.492 e. The number of carbonyl (C=O) groups is 2. The third-order valence-electron chi connectivity index (χ3n) is 5.69. The molecule has 1 aliphatic heterocycles. The SMILES string of the molecule is CCOc1ccccc1N1CC(C(=O)Nc2ccc(NS(=O)(=O)c3ccc(C)cc3)cc2)CC1=O. The number of nitrogens with zero attached hydrogens (tertiary/aromatic N) is 1. The van der Waals surface area contributed by atoms with Gasteiger partial charge in [-0.05, 0) is 62.4 Å². The Bertz CT molecular complexity index is 1320. The Morgan fingerprint density at radius 1 is 1.00 bits per heavy atom. The Labute approximate surface area is 205 Å². The van der Waals surface area contributed by atoms with E-state index in [9.17, 15) is 18.0 Å². The van der Waals surface area contributed by atoms with Crippen LogP contribution < -0.4 is 19.7 Å². The molecule has 35 heavy (non-hydrogen) atoms. The normalized spacial score (nSPS) is 15.7. The molecule has 0 spiro atoms. The predicted molar refractivity (Wildman–Crippen MR) is 135 cm³/mol. The van der Waals surface area contributed by atoms with Gasteiger partial charge in [0.2, 0.25) is 11.8 Å². The molecule has 1 heterocycles. The predicted octanol–water partition coefficient (Wildman–Crippen LogP) is 4.19. The third-order valence-corrected chi connectivity index (χ3v) is 7.08. The fourth-order valence-electron chi connectivity index (χ4n) is 3.87. The van der Waals surface area contributed by atoms with Crippen molar-refractivity contribution in [1.82, 2.24) is 0 Å². The van der Waals surface area contributed by atoms with Crippen LogP contribution in [-0.2, 0) is 19.6 Å². The van der Waals surface area contributed by atoms with Crippen LogP contribution in [0.25, 0.3) is 0 Å². The quantitative estimate of drug-likeness (QED) is 0.490. The average molecular weight is 494 g/mol. The molecule has 9 heteroatoms. The van der Waals surface area contributed by atoms with Crippen LogP contribution in [-0.4, -0.2) is 33.4 Å². The Morgan fingerprint density at radius 3 is 2.34 bits per heavy atom. The molecule has 0 bridgehead atoms. The number of para-hydroxylation sites is 2. The number of benzene rings is 3. The maximum atomic E-state index is 12.8. The van der Waals surface area contributed by atoms with Gasteiger partial charge in [0.1, 0.15) is 5.75 Å². The van der Waals surface area contributed by atoms with Crippen molar-refractivity contribution in [3.63, 3.8) is 0 Å². The van der Waals surface area contributed by atoms with E-state index >= 15 is 0 Å². The maximum absolute atomic E-state index is 12.8. The summed E-state index contributed by atoms with van der Waals surface area (Å²) in [6.07, 6.45) is 0.0979. The molecule has 1 aliphatic rings. The van der Waals surface area contributed by atoms with Crippen molar-refractivity contribution in [2.24, 2.45) is 5.92 Å². The summed E-state index contributed by atoms with van der Waals surface area (Å²) in [6, 6.07) is 20.2. The minimum atomic E-state index is -3.72. The van der Waals surface area contributed by atoms with Gasteiger partial charge in [-0.15, -0.1) is 0 Å². The van der Waals surface area contributed by atoms with Crippen LogP contribution in [0.5, 0.6) is 5.75 Å². The molecule has 4 rings (SSSR count). The fraction of sp³-hybridized carbons (Fsp3) is 0.231. The van der Waals surface area contributed by atoms with Gasteiger partial charge in [0.05, 0.1) is 23.1 Å². The summed E-state index contributed by atoms with van der Waals surface area (Å²) >= 11 is 0. The molecule has 3 aromatic carbocycles. The lowest BCUT2D eigenvalue weighted by Gasteiger charge is -2.20. The molecule has 0 saturated carbocycles. The van der Waals surface area contributed by atoms with E-state index in [1.807, 2.05) is 26.0 Å². The van der Waals surface area contributed by atoms with Gasteiger partial charge in [-0.25, -0.2) is 8.42 Å². The molecule has 0 aromatic heterocycles. The molecular formula is C26H27N3O5S. The number of hydrogen-bond acceptors (Lipinski definition) is 5. The van der Waals surface area contributed by atoms with E-state index in [1.165, 1.54) is 0 Å². The van der Waals surface area contributed by atoms with Crippen molar-refractivity contribution in [3.8, 4) is 5.75 Å². The molecule has 8 nitrogen and oxygen atoms in total. The topological polar surface area (TPSA) is 105 Å². The van der Waals surface area contributed by atoms with Gasteiger partial charge < -0.3 is 15.0 Å². The maximum Gasteiger partial charge on any atom is 0.261 e. The zero-order chi connectivity index (χ0) is 25.0. The van der Waals surface area contributed by atoms with Crippen molar-refractivity contribution in [3.05, 3.63) is 78.4 Å². The number of amides is 2.